The van der Waals surface area contributed by atoms with Crippen LogP contribution in [0.1, 0.15) is 18.1 Å². The molecule has 7 heteroatoms. The number of hydrogen-bond donors (Lipinski definition) is 1. The van der Waals surface area contributed by atoms with Crippen molar-refractivity contribution in [3.63, 3.8) is 0 Å². The van der Waals surface area contributed by atoms with Crippen LogP contribution in [-0.2, 0) is 17.0 Å². The van der Waals surface area contributed by atoms with E-state index in [1.54, 1.807) is 17.8 Å². The topological polar surface area (TPSA) is 54.9 Å². The fourth-order valence-electron chi connectivity index (χ4n) is 2.38. The van der Waals surface area contributed by atoms with E-state index < -0.39 is 0 Å². The molecule has 0 aliphatic carbocycles. The second kappa shape index (κ2) is 8.91. The van der Waals surface area contributed by atoms with Gasteiger partial charge in [0.1, 0.15) is 5.82 Å². The Balaban J connectivity index is 1.52. The summed E-state index contributed by atoms with van der Waals surface area (Å²) in [6.45, 7) is 1.81. The summed E-state index contributed by atoms with van der Waals surface area (Å²) in [6.07, 6.45) is 0.470. The van der Waals surface area contributed by atoms with Gasteiger partial charge in [-0.15, -0.1) is 10.2 Å². The number of hydrogen-bond acceptors (Lipinski definition) is 5. The molecule has 4 nitrogen and oxygen atoms in total. The summed E-state index contributed by atoms with van der Waals surface area (Å²) in [5.74, 6) is 0.0739. The number of carbonyl (C=O) groups is 1. The number of rotatable bonds is 7. The van der Waals surface area contributed by atoms with Crippen LogP contribution in [0.15, 0.2) is 58.9 Å². The average Bonchev–Trinajstić information content (AvgIpc) is 3.08. The zero-order valence-corrected chi connectivity index (χ0v) is 15.8. The maximum Gasteiger partial charge on any atom is 0.229 e. The molecule has 0 bridgehead atoms. The Morgan fingerprint density at radius 3 is 2.69 bits per heavy atom. The Labute approximate surface area is 159 Å². The first-order valence-corrected chi connectivity index (χ1v) is 9.96. The molecular weight excluding hydrogens is 369 g/mol. The van der Waals surface area contributed by atoms with E-state index in [4.69, 9.17) is 0 Å². The molecule has 1 unspecified atom stereocenters. The van der Waals surface area contributed by atoms with Gasteiger partial charge in [0.05, 0.1) is 0 Å². The molecule has 1 atom stereocenters. The lowest BCUT2D eigenvalue weighted by Crippen LogP contribution is -2.22. The Morgan fingerprint density at radius 1 is 1.15 bits per heavy atom. The minimum atomic E-state index is -0.292. The number of thioether (sulfide) groups is 1. The molecule has 3 rings (SSSR count). The van der Waals surface area contributed by atoms with E-state index in [-0.39, 0.29) is 17.6 Å². The van der Waals surface area contributed by atoms with Gasteiger partial charge in [0, 0.05) is 11.7 Å². The van der Waals surface area contributed by atoms with Crippen LogP contribution in [0.2, 0.25) is 0 Å². The van der Waals surface area contributed by atoms with Crippen molar-refractivity contribution in [1.29, 1.82) is 0 Å². The highest BCUT2D eigenvalue weighted by Crippen LogP contribution is 2.28. The summed E-state index contributed by atoms with van der Waals surface area (Å²) >= 11 is 2.94. The number of carbonyl (C=O) groups excluding carboxylic acids is 1. The molecule has 1 aromatic heterocycles. The van der Waals surface area contributed by atoms with Crippen molar-refractivity contribution in [3.05, 3.63) is 71.5 Å². The van der Waals surface area contributed by atoms with Crippen molar-refractivity contribution in [2.45, 2.75) is 23.4 Å². The van der Waals surface area contributed by atoms with Crippen molar-refractivity contribution in [2.75, 3.05) is 5.32 Å². The highest BCUT2D eigenvalue weighted by atomic mass is 32.2. The molecule has 0 saturated heterocycles. The van der Waals surface area contributed by atoms with Crippen molar-refractivity contribution >= 4 is 34.1 Å². The third-order valence-corrected chi connectivity index (χ3v) is 5.76. The third-order valence-electron chi connectivity index (χ3n) is 3.72. The van der Waals surface area contributed by atoms with Gasteiger partial charge in [-0.2, -0.15) is 0 Å². The van der Waals surface area contributed by atoms with Crippen LogP contribution in [0.3, 0.4) is 0 Å². The zero-order chi connectivity index (χ0) is 18.4. The highest BCUT2D eigenvalue weighted by molar-refractivity contribution is 8.00. The monoisotopic (exact) mass is 387 g/mol. The summed E-state index contributed by atoms with van der Waals surface area (Å²) in [4.78, 5) is 12.3. The maximum absolute atomic E-state index is 13.2. The smallest absolute Gasteiger partial charge is 0.229 e. The molecule has 0 fully saturated rings. The first-order chi connectivity index (χ1) is 12.6. The van der Waals surface area contributed by atoms with E-state index in [1.807, 2.05) is 31.2 Å². The van der Waals surface area contributed by atoms with E-state index in [1.165, 1.54) is 29.0 Å². The molecule has 3 aromatic rings. The van der Waals surface area contributed by atoms with E-state index in [9.17, 15) is 9.18 Å². The number of nitrogens with zero attached hydrogens (tertiary/aromatic N) is 2. The van der Waals surface area contributed by atoms with Gasteiger partial charge in [-0.3, -0.25) is 4.79 Å². The van der Waals surface area contributed by atoms with Crippen molar-refractivity contribution < 1.29 is 9.18 Å². The van der Waals surface area contributed by atoms with E-state index in [0.717, 1.165) is 15.7 Å². The van der Waals surface area contributed by atoms with Crippen LogP contribution in [0.5, 0.6) is 0 Å². The molecule has 1 N–H and O–H groups in total. The summed E-state index contributed by atoms with van der Waals surface area (Å²) in [6, 6.07) is 16.4. The first kappa shape index (κ1) is 18.5. The van der Waals surface area contributed by atoms with E-state index in [2.05, 4.69) is 27.6 Å². The average molecular weight is 388 g/mol. The SMILES string of the molecule is CC(Cc1cccc(F)c1)C(=O)Nc1nnc(SCc2ccccc2)s1. The van der Waals surface area contributed by atoms with Crippen LogP contribution in [0.4, 0.5) is 9.52 Å². The normalized spacial score (nSPS) is 11.9. The van der Waals surface area contributed by atoms with Gasteiger partial charge in [0.2, 0.25) is 11.0 Å². The van der Waals surface area contributed by atoms with Gasteiger partial charge in [-0.1, -0.05) is 72.5 Å². The molecule has 0 radical (unpaired) electrons. The van der Waals surface area contributed by atoms with Crippen molar-refractivity contribution in [1.82, 2.24) is 10.2 Å². The molecule has 26 heavy (non-hydrogen) atoms. The van der Waals surface area contributed by atoms with Gasteiger partial charge < -0.3 is 5.32 Å². The minimum absolute atomic E-state index is 0.148. The van der Waals surface area contributed by atoms with Crippen LogP contribution in [0.25, 0.3) is 0 Å². The lowest BCUT2D eigenvalue weighted by Gasteiger charge is -2.10. The van der Waals surface area contributed by atoms with E-state index in [0.29, 0.717) is 11.6 Å². The molecule has 134 valence electrons. The van der Waals surface area contributed by atoms with Crippen molar-refractivity contribution in [2.24, 2.45) is 5.92 Å². The van der Waals surface area contributed by atoms with Crippen LogP contribution in [0, 0.1) is 11.7 Å². The number of amides is 1. The molecule has 0 saturated carbocycles. The van der Waals surface area contributed by atoms with Gasteiger partial charge in [0.25, 0.3) is 0 Å². The maximum atomic E-state index is 13.2. The number of halogens is 1. The number of anilines is 1. The summed E-state index contributed by atoms with van der Waals surface area (Å²) < 4.78 is 14.1. The molecule has 0 spiro atoms. The minimum Gasteiger partial charge on any atom is -0.300 e. The lowest BCUT2D eigenvalue weighted by atomic mass is 10.0. The largest absolute Gasteiger partial charge is 0.300 e. The zero-order valence-electron chi connectivity index (χ0n) is 14.2. The molecule has 1 amide bonds. The molecule has 0 aliphatic heterocycles. The van der Waals surface area contributed by atoms with Crippen molar-refractivity contribution in [3.8, 4) is 0 Å². The molecule has 2 aromatic carbocycles. The fourth-order valence-corrected chi connectivity index (χ4v) is 4.09. The van der Waals surface area contributed by atoms with Gasteiger partial charge in [-0.05, 0) is 29.7 Å². The summed E-state index contributed by atoms with van der Waals surface area (Å²) in [5.41, 5.74) is 2.01. The van der Waals surface area contributed by atoms with Crippen LogP contribution < -0.4 is 5.32 Å². The van der Waals surface area contributed by atoms with Gasteiger partial charge in [-0.25, -0.2) is 4.39 Å². The number of aromatic nitrogens is 2. The molecular formula is C19H18FN3OS2. The predicted molar refractivity (Wildman–Crippen MR) is 104 cm³/mol. The standard InChI is InChI=1S/C19H18FN3OS2/c1-13(10-15-8-5-9-16(20)11-15)17(24)21-18-22-23-19(26-18)25-12-14-6-3-2-4-7-14/h2-9,11,13H,10,12H2,1H3,(H,21,22,24). The Morgan fingerprint density at radius 2 is 1.92 bits per heavy atom. The number of benzene rings is 2. The van der Waals surface area contributed by atoms with Gasteiger partial charge >= 0.3 is 0 Å². The number of nitrogens with one attached hydrogen (secondary N) is 1. The summed E-state index contributed by atoms with van der Waals surface area (Å²) in [5, 5.41) is 11.4. The highest BCUT2D eigenvalue weighted by Gasteiger charge is 2.16. The quantitative estimate of drug-likeness (QED) is 0.468. The van der Waals surface area contributed by atoms with Crippen LogP contribution in [-0.4, -0.2) is 16.1 Å². The molecule has 1 heterocycles. The lowest BCUT2D eigenvalue weighted by molar-refractivity contribution is -0.119. The van der Waals surface area contributed by atoms with E-state index >= 15 is 0 Å². The third kappa shape index (κ3) is 5.37. The second-order valence-electron chi connectivity index (χ2n) is 5.87. The first-order valence-electron chi connectivity index (χ1n) is 8.15. The predicted octanol–water partition coefficient (Wildman–Crippen LogP) is 4.79. The fraction of sp³-hybridized carbons (Fsp3) is 0.211. The summed E-state index contributed by atoms with van der Waals surface area (Å²) in [7, 11) is 0. The van der Waals surface area contributed by atoms with Crippen LogP contribution >= 0.6 is 23.1 Å². The Kier molecular flexibility index (Phi) is 6.35. The second-order valence-corrected chi connectivity index (χ2v) is 8.07. The Bertz CT molecular complexity index is 870. The Hall–Kier alpha value is -2.25. The molecule has 0 aliphatic rings. The van der Waals surface area contributed by atoms with Gasteiger partial charge in [0.15, 0.2) is 4.34 Å².